The number of amides is 1. The van der Waals surface area contributed by atoms with Gasteiger partial charge >= 0.3 is 0 Å². The monoisotopic (exact) mass is 368 g/mol. The third kappa shape index (κ3) is 4.31. The van der Waals surface area contributed by atoms with Gasteiger partial charge in [-0.3, -0.25) is 4.79 Å². The Labute approximate surface area is 136 Å². The number of thioether (sulfide) groups is 1. The van der Waals surface area contributed by atoms with E-state index >= 15 is 0 Å². The van der Waals surface area contributed by atoms with Gasteiger partial charge in [0.2, 0.25) is 5.91 Å². The molecular formula is C14H17BrN4OS. The molecule has 5 nitrogen and oxygen atoms in total. The predicted molar refractivity (Wildman–Crippen MR) is 88.6 cm³/mol. The Morgan fingerprint density at radius 3 is 2.90 bits per heavy atom. The van der Waals surface area contributed by atoms with Gasteiger partial charge in [-0.1, -0.05) is 27.7 Å². The van der Waals surface area contributed by atoms with Crippen molar-refractivity contribution < 1.29 is 4.79 Å². The van der Waals surface area contributed by atoms with Gasteiger partial charge in [-0.25, -0.2) is 0 Å². The molecule has 2 rings (SSSR count). The van der Waals surface area contributed by atoms with Crippen LogP contribution in [0.15, 0.2) is 34.2 Å². The molecule has 1 amide bonds. The largest absolute Gasteiger partial charge is 0.325 e. The van der Waals surface area contributed by atoms with Crippen molar-refractivity contribution in [3.63, 3.8) is 0 Å². The minimum Gasteiger partial charge on any atom is -0.325 e. The lowest BCUT2D eigenvalue weighted by Gasteiger charge is -2.10. The maximum Gasteiger partial charge on any atom is 0.234 e. The minimum atomic E-state index is -0.0555. The van der Waals surface area contributed by atoms with Crippen molar-refractivity contribution in [1.29, 1.82) is 0 Å². The van der Waals surface area contributed by atoms with Crippen LogP contribution in [0.5, 0.6) is 0 Å². The second-order valence-electron chi connectivity index (χ2n) is 4.92. The Kier molecular flexibility index (Phi) is 5.41. The van der Waals surface area contributed by atoms with Gasteiger partial charge in [-0.2, -0.15) is 0 Å². The number of hydrogen-bond acceptors (Lipinski definition) is 4. The molecule has 1 aromatic heterocycles. The number of hydrogen-bond donors (Lipinski definition) is 1. The molecule has 1 aromatic carbocycles. The van der Waals surface area contributed by atoms with Crippen LogP contribution < -0.4 is 5.32 Å². The van der Waals surface area contributed by atoms with Crippen molar-refractivity contribution in [3.8, 4) is 0 Å². The van der Waals surface area contributed by atoms with E-state index in [2.05, 4.69) is 45.3 Å². The van der Waals surface area contributed by atoms with E-state index in [0.29, 0.717) is 5.75 Å². The van der Waals surface area contributed by atoms with E-state index in [1.165, 1.54) is 11.8 Å². The van der Waals surface area contributed by atoms with E-state index in [-0.39, 0.29) is 11.9 Å². The fourth-order valence-electron chi connectivity index (χ4n) is 1.74. The summed E-state index contributed by atoms with van der Waals surface area (Å²) >= 11 is 4.82. The average Bonchev–Trinajstić information content (AvgIpc) is 2.89. The van der Waals surface area contributed by atoms with Crippen molar-refractivity contribution in [3.05, 3.63) is 34.6 Å². The number of anilines is 1. The van der Waals surface area contributed by atoms with Gasteiger partial charge in [0.25, 0.3) is 0 Å². The summed E-state index contributed by atoms with van der Waals surface area (Å²) in [5, 5.41) is 11.6. The minimum absolute atomic E-state index is 0.0555. The third-order valence-corrected chi connectivity index (χ3v) is 4.72. The number of aromatic nitrogens is 3. The fraction of sp³-hybridized carbons (Fsp3) is 0.357. The lowest BCUT2D eigenvalue weighted by molar-refractivity contribution is -0.113. The van der Waals surface area contributed by atoms with Crippen LogP contribution in [0.2, 0.25) is 0 Å². The van der Waals surface area contributed by atoms with E-state index in [1.54, 1.807) is 6.33 Å². The quantitative estimate of drug-likeness (QED) is 0.818. The van der Waals surface area contributed by atoms with Gasteiger partial charge in [0.1, 0.15) is 6.33 Å². The molecule has 0 fully saturated rings. The molecule has 0 bridgehead atoms. The second-order valence-corrected chi connectivity index (χ2v) is 6.71. The molecule has 21 heavy (non-hydrogen) atoms. The molecule has 1 N–H and O–H groups in total. The SMILES string of the molecule is Cc1cc(NC(=O)CSc2nncn2C(C)C)ccc1Br. The van der Waals surface area contributed by atoms with Crippen LogP contribution in [0.3, 0.4) is 0 Å². The highest BCUT2D eigenvalue weighted by Gasteiger charge is 2.11. The summed E-state index contributed by atoms with van der Waals surface area (Å²) in [6.07, 6.45) is 1.68. The number of rotatable bonds is 5. The topological polar surface area (TPSA) is 59.8 Å². The summed E-state index contributed by atoms with van der Waals surface area (Å²) in [6.45, 7) is 6.09. The first-order valence-electron chi connectivity index (χ1n) is 6.55. The molecule has 0 saturated carbocycles. The molecule has 0 radical (unpaired) electrons. The smallest absolute Gasteiger partial charge is 0.234 e. The van der Waals surface area contributed by atoms with Crippen LogP contribution in [0.25, 0.3) is 0 Å². The first kappa shape index (κ1) is 16.0. The first-order valence-corrected chi connectivity index (χ1v) is 8.33. The van der Waals surface area contributed by atoms with E-state index < -0.39 is 0 Å². The van der Waals surface area contributed by atoms with E-state index in [4.69, 9.17) is 0 Å². The molecule has 0 aliphatic carbocycles. The summed E-state index contributed by atoms with van der Waals surface area (Å²) < 4.78 is 2.97. The molecule has 0 atom stereocenters. The number of aryl methyl sites for hydroxylation is 1. The molecule has 0 aliphatic heterocycles. The zero-order valence-corrected chi connectivity index (χ0v) is 14.5. The maximum absolute atomic E-state index is 12.0. The molecular weight excluding hydrogens is 352 g/mol. The summed E-state index contributed by atoms with van der Waals surface area (Å²) in [5.74, 6) is 0.251. The first-order chi connectivity index (χ1) is 9.97. The lowest BCUT2D eigenvalue weighted by Crippen LogP contribution is -2.15. The zero-order chi connectivity index (χ0) is 15.4. The number of nitrogens with zero attached hydrogens (tertiary/aromatic N) is 3. The Bertz CT molecular complexity index is 642. The van der Waals surface area contributed by atoms with Gasteiger partial charge in [0.15, 0.2) is 5.16 Å². The van der Waals surface area contributed by atoms with Crippen LogP contribution >= 0.6 is 27.7 Å². The Morgan fingerprint density at radius 2 is 2.24 bits per heavy atom. The number of carbonyl (C=O) groups is 1. The molecule has 112 valence electrons. The Morgan fingerprint density at radius 1 is 1.48 bits per heavy atom. The summed E-state index contributed by atoms with van der Waals surface area (Å²) in [7, 11) is 0. The molecule has 0 saturated heterocycles. The van der Waals surface area contributed by atoms with Crippen molar-refractivity contribution in [1.82, 2.24) is 14.8 Å². The number of carbonyl (C=O) groups excluding carboxylic acids is 1. The molecule has 0 spiro atoms. The molecule has 2 aromatic rings. The number of halogens is 1. The second kappa shape index (κ2) is 7.09. The highest BCUT2D eigenvalue weighted by molar-refractivity contribution is 9.10. The Hall–Kier alpha value is -1.34. The van der Waals surface area contributed by atoms with Gasteiger partial charge in [-0.05, 0) is 44.5 Å². The molecule has 1 heterocycles. The van der Waals surface area contributed by atoms with Crippen molar-refractivity contribution in [2.45, 2.75) is 32.0 Å². The average molecular weight is 369 g/mol. The normalized spacial score (nSPS) is 10.9. The predicted octanol–water partition coefficient (Wildman–Crippen LogP) is 3.66. The van der Waals surface area contributed by atoms with Crippen LogP contribution in [-0.4, -0.2) is 26.4 Å². The highest BCUT2D eigenvalue weighted by Crippen LogP contribution is 2.21. The van der Waals surface area contributed by atoms with Crippen LogP contribution in [-0.2, 0) is 4.79 Å². The van der Waals surface area contributed by atoms with Crippen LogP contribution in [0, 0.1) is 6.92 Å². The lowest BCUT2D eigenvalue weighted by atomic mass is 10.2. The van der Waals surface area contributed by atoms with E-state index in [0.717, 1.165) is 20.9 Å². The molecule has 0 aliphatic rings. The molecule has 7 heteroatoms. The standard InChI is InChI=1S/C14H17BrN4OS/c1-9(2)19-8-16-18-14(19)21-7-13(20)17-11-4-5-12(15)10(3)6-11/h4-6,8-9H,7H2,1-3H3,(H,17,20). The van der Waals surface area contributed by atoms with Crippen LogP contribution in [0.1, 0.15) is 25.5 Å². The summed E-state index contributed by atoms with van der Waals surface area (Å²) in [5.41, 5.74) is 1.88. The van der Waals surface area contributed by atoms with Gasteiger partial charge in [0, 0.05) is 16.2 Å². The maximum atomic E-state index is 12.0. The van der Waals surface area contributed by atoms with Crippen molar-refractivity contribution in [2.24, 2.45) is 0 Å². The molecule has 0 unspecified atom stereocenters. The highest BCUT2D eigenvalue weighted by atomic mass is 79.9. The van der Waals surface area contributed by atoms with Crippen molar-refractivity contribution in [2.75, 3.05) is 11.1 Å². The van der Waals surface area contributed by atoms with Gasteiger partial charge in [0.05, 0.1) is 5.75 Å². The number of benzene rings is 1. The number of nitrogens with one attached hydrogen (secondary N) is 1. The van der Waals surface area contributed by atoms with Gasteiger partial charge in [-0.15, -0.1) is 10.2 Å². The zero-order valence-electron chi connectivity index (χ0n) is 12.1. The van der Waals surface area contributed by atoms with Gasteiger partial charge < -0.3 is 9.88 Å². The van der Waals surface area contributed by atoms with E-state index in [1.807, 2.05) is 29.7 Å². The van der Waals surface area contributed by atoms with E-state index in [9.17, 15) is 4.79 Å². The summed E-state index contributed by atoms with van der Waals surface area (Å²) in [6, 6.07) is 6.01. The third-order valence-electron chi connectivity index (χ3n) is 2.87. The summed E-state index contributed by atoms with van der Waals surface area (Å²) in [4.78, 5) is 12.0. The van der Waals surface area contributed by atoms with Crippen LogP contribution in [0.4, 0.5) is 5.69 Å². The van der Waals surface area contributed by atoms with Crippen molar-refractivity contribution >= 4 is 39.3 Å². The Balaban J connectivity index is 1.93. The fourth-order valence-corrected chi connectivity index (χ4v) is 2.83.